The third kappa shape index (κ3) is 7.93. The average molecular weight is 416 g/mol. The molecule has 0 bridgehead atoms. The van der Waals surface area contributed by atoms with Crippen LogP contribution in [0.2, 0.25) is 0 Å². The van der Waals surface area contributed by atoms with Gasteiger partial charge in [0.1, 0.15) is 5.75 Å². The molecule has 160 valence electrons. The van der Waals surface area contributed by atoms with Crippen molar-refractivity contribution >= 4 is 21.8 Å². The molecule has 0 atom stereocenters. The first-order chi connectivity index (χ1) is 13.1. The first-order valence-corrected chi connectivity index (χ1v) is 11.2. The van der Waals surface area contributed by atoms with Gasteiger partial charge in [0.15, 0.2) is 0 Å². The fourth-order valence-corrected chi connectivity index (χ4v) is 3.18. The summed E-state index contributed by atoms with van der Waals surface area (Å²) in [5.41, 5.74) is 1.47. The lowest BCUT2D eigenvalue weighted by atomic mass is 10.1. The lowest BCUT2D eigenvalue weighted by molar-refractivity contribution is 0.145. The number of nitrogens with one attached hydrogen (secondary N) is 1. The van der Waals surface area contributed by atoms with Crippen LogP contribution >= 0.6 is 0 Å². The van der Waals surface area contributed by atoms with Crippen molar-refractivity contribution in [2.24, 2.45) is 0 Å². The van der Waals surface area contributed by atoms with Gasteiger partial charge in [0.25, 0.3) is 0 Å². The summed E-state index contributed by atoms with van der Waals surface area (Å²) in [6.07, 6.45) is 1.01. The van der Waals surface area contributed by atoms with Gasteiger partial charge in [0.05, 0.1) is 19.4 Å². The summed E-state index contributed by atoms with van der Waals surface area (Å²) in [6, 6.07) is 5.15. The molecule has 28 heavy (non-hydrogen) atoms. The van der Waals surface area contributed by atoms with Crippen molar-refractivity contribution < 1.29 is 22.1 Å². The molecule has 1 aromatic carbocycles. The first-order valence-electron chi connectivity index (χ1n) is 9.42. The Hall–Kier alpha value is -2.00. The SMILES string of the molecule is CCN(CC)c1ccc(CN(CCOC)C(=O)NC(C)C)c(OS(C)(=O)=O)c1. The summed E-state index contributed by atoms with van der Waals surface area (Å²) in [6.45, 7) is 10.3. The zero-order chi connectivity index (χ0) is 21.3. The molecule has 0 unspecified atom stereocenters. The Labute approximate surface area is 168 Å². The van der Waals surface area contributed by atoms with E-state index in [-0.39, 0.29) is 24.4 Å². The Morgan fingerprint density at radius 1 is 1.21 bits per heavy atom. The molecule has 0 aliphatic rings. The molecule has 1 aromatic rings. The second-order valence-corrected chi connectivity index (χ2v) is 8.35. The summed E-state index contributed by atoms with van der Waals surface area (Å²) in [4.78, 5) is 16.2. The summed E-state index contributed by atoms with van der Waals surface area (Å²) in [5.74, 6) is 0.228. The Bertz CT molecular complexity index is 733. The monoisotopic (exact) mass is 415 g/mol. The summed E-state index contributed by atoms with van der Waals surface area (Å²) in [7, 11) is -2.14. The minimum atomic E-state index is -3.71. The second-order valence-electron chi connectivity index (χ2n) is 6.77. The maximum absolute atomic E-state index is 12.5. The number of carbonyl (C=O) groups excluding carboxylic acids is 1. The van der Waals surface area contributed by atoms with Crippen molar-refractivity contribution in [1.29, 1.82) is 0 Å². The number of methoxy groups -OCH3 is 1. The van der Waals surface area contributed by atoms with Crippen LogP contribution in [0, 0.1) is 0 Å². The minimum Gasteiger partial charge on any atom is -0.383 e. The fraction of sp³-hybridized carbons (Fsp3) is 0.632. The summed E-state index contributed by atoms with van der Waals surface area (Å²) < 4.78 is 33.9. The van der Waals surface area contributed by atoms with Gasteiger partial charge in [-0.1, -0.05) is 6.07 Å². The molecule has 0 saturated heterocycles. The number of amides is 2. The molecule has 0 radical (unpaired) electrons. The molecule has 0 aliphatic heterocycles. The van der Waals surface area contributed by atoms with Crippen LogP contribution in [0.15, 0.2) is 18.2 Å². The van der Waals surface area contributed by atoms with E-state index in [4.69, 9.17) is 8.92 Å². The molecule has 9 heteroatoms. The largest absolute Gasteiger partial charge is 0.383 e. The third-order valence-electron chi connectivity index (χ3n) is 4.05. The molecule has 0 heterocycles. The molecule has 1 N–H and O–H groups in total. The van der Waals surface area contributed by atoms with Crippen LogP contribution in [-0.2, 0) is 21.4 Å². The number of hydrogen-bond donors (Lipinski definition) is 1. The van der Waals surface area contributed by atoms with Crippen molar-refractivity contribution in [3.05, 3.63) is 23.8 Å². The van der Waals surface area contributed by atoms with Gasteiger partial charge in [0.2, 0.25) is 0 Å². The van der Waals surface area contributed by atoms with Gasteiger partial charge in [-0.15, -0.1) is 0 Å². The molecule has 0 aromatic heterocycles. The van der Waals surface area contributed by atoms with Gasteiger partial charge in [-0.2, -0.15) is 8.42 Å². The summed E-state index contributed by atoms with van der Waals surface area (Å²) in [5, 5.41) is 2.85. The summed E-state index contributed by atoms with van der Waals surface area (Å²) >= 11 is 0. The van der Waals surface area contributed by atoms with Crippen LogP contribution in [0.25, 0.3) is 0 Å². The predicted octanol–water partition coefficient (Wildman–Crippen LogP) is 2.44. The lowest BCUT2D eigenvalue weighted by Crippen LogP contribution is -2.44. The predicted molar refractivity (Wildman–Crippen MR) is 111 cm³/mol. The minimum absolute atomic E-state index is 0.0191. The van der Waals surface area contributed by atoms with E-state index < -0.39 is 10.1 Å². The number of carbonyl (C=O) groups is 1. The number of hydrogen-bond acceptors (Lipinski definition) is 6. The van der Waals surface area contributed by atoms with E-state index in [1.165, 1.54) is 0 Å². The van der Waals surface area contributed by atoms with E-state index in [1.54, 1.807) is 24.1 Å². The van der Waals surface area contributed by atoms with Crippen LogP contribution in [0.3, 0.4) is 0 Å². The lowest BCUT2D eigenvalue weighted by Gasteiger charge is -2.26. The van der Waals surface area contributed by atoms with Crippen LogP contribution in [0.1, 0.15) is 33.3 Å². The number of ether oxygens (including phenoxy) is 1. The third-order valence-corrected chi connectivity index (χ3v) is 4.53. The van der Waals surface area contributed by atoms with Gasteiger partial charge >= 0.3 is 16.1 Å². The molecule has 0 spiro atoms. The maximum Gasteiger partial charge on any atom is 0.317 e. The van der Waals surface area contributed by atoms with E-state index in [9.17, 15) is 13.2 Å². The van der Waals surface area contributed by atoms with E-state index >= 15 is 0 Å². The van der Waals surface area contributed by atoms with Crippen molar-refractivity contribution in [1.82, 2.24) is 10.2 Å². The smallest absolute Gasteiger partial charge is 0.317 e. The highest BCUT2D eigenvalue weighted by Crippen LogP contribution is 2.28. The highest BCUT2D eigenvalue weighted by Gasteiger charge is 2.19. The van der Waals surface area contributed by atoms with E-state index in [2.05, 4.69) is 10.2 Å². The Morgan fingerprint density at radius 2 is 1.86 bits per heavy atom. The zero-order valence-electron chi connectivity index (χ0n) is 17.7. The fourth-order valence-electron chi connectivity index (χ4n) is 2.70. The Morgan fingerprint density at radius 3 is 2.36 bits per heavy atom. The molecular formula is C19H33N3O5S. The maximum atomic E-state index is 12.5. The van der Waals surface area contributed by atoms with Crippen molar-refractivity contribution in [3.8, 4) is 5.75 Å². The van der Waals surface area contributed by atoms with Crippen LogP contribution in [0.4, 0.5) is 10.5 Å². The van der Waals surface area contributed by atoms with Crippen LogP contribution in [0.5, 0.6) is 5.75 Å². The van der Waals surface area contributed by atoms with Gasteiger partial charge in [-0.05, 0) is 33.8 Å². The van der Waals surface area contributed by atoms with Crippen LogP contribution in [-0.4, -0.2) is 65.0 Å². The molecule has 0 fully saturated rings. The molecule has 0 saturated carbocycles. The first kappa shape index (κ1) is 24.0. The quantitative estimate of drug-likeness (QED) is 0.559. The van der Waals surface area contributed by atoms with Gasteiger partial charge in [0, 0.05) is 50.1 Å². The number of nitrogens with zero attached hydrogens (tertiary/aromatic N) is 2. The number of benzene rings is 1. The van der Waals surface area contributed by atoms with E-state index in [0.717, 1.165) is 25.0 Å². The Kier molecular flexibility index (Phi) is 9.54. The average Bonchev–Trinajstić information content (AvgIpc) is 2.59. The van der Waals surface area contributed by atoms with E-state index in [0.29, 0.717) is 18.7 Å². The van der Waals surface area contributed by atoms with E-state index in [1.807, 2.05) is 33.8 Å². The molecule has 2 amide bonds. The van der Waals surface area contributed by atoms with Crippen molar-refractivity contribution in [3.63, 3.8) is 0 Å². The number of rotatable bonds is 11. The molecule has 1 rings (SSSR count). The standard InChI is InChI=1S/C19H33N3O5S/c1-7-21(8-2)17-10-9-16(18(13-17)27-28(6,24)25)14-22(11-12-26-5)19(23)20-15(3)4/h9-10,13,15H,7-8,11-12,14H2,1-6H3,(H,20,23). The molecule has 0 aliphatic carbocycles. The highest BCUT2D eigenvalue weighted by atomic mass is 32.2. The molecule has 8 nitrogen and oxygen atoms in total. The van der Waals surface area contributed by atoms with Crippen molar-refractivity contribution in [2.45, 2.75) is 40.3 Å². The van der Waals surface area contributed by atoms with Gasteiger partial charge < -0.3 is 24.0 Å². The number of urea groups is 1. The van der Waals surface area contributed by atoms with Gasteiger partial charge in [-0.25, -0.2) is 4.79 Å². The topological polar surface area (TPSA) is 88.2 Å². The highest BCUT2D eigenvalue weighted by molar-refractivity contribution is 7.86. The zero-order valence-corrected chi connectivity index (χ0v) is 18.5. The molecular weight excluding hydrogens is 382 g/mol. The van der Waals surface area contributed by atoms with Crippen LogP contribution < -0.4 is 14.4 Å². The van der Waals surface area contributed by atoms with Gasteiger partial charge in [-0.3, -0.25) is 0 Å². The normalized spacial score (nSPS) is 11.4. The second kappa shape index (κ2) is 11.1. The number of anilines is 1. The van der Waals surface area contributed by atoms with Crippen molar-refractivity contribution in [2.75, 3.05) is 44.5 Å². The Balaban J connectivity index is 3.24.